The molecule has 0 N–H and O–H groups in total. The first-order valence-corrected chi connectivity index (χ1v) is 9.55. The van der Waals surface area contributed by atoms with Gasteiger partial charge in [0.1, 0.15) is 5.60 Å². The van der Waals surface area contributed by atoms with Gasteiger partial charge in [-0.05, 0) is 32.1 Å². The molecular formula is C20H40O3. The van der Waals surface area contributed by atoms with E-state index in [-0.39, 0.29) is 11.4 Å². The molecule has 0 radical (unpaired) electrons. The van der Waals surface area contributed by atoms with Gasteiger partial charge in [-0.2, -0.15) is 4.89 Å². The van der Waals surface area contributed by atoms with E-state index in [9.17, 15) is 4.79 Å². The highest BCUT2D eigenvalue weighted by Gasteiger charge is 2.28. The Morgan fingerprint density at radius 3 is 1.74 bits per heavy atom. The Kier molecular flexibility index (Phi) is 11.6. The van der Waals surface area contributed by atoms with Crippen LogP contribution in [0, 0.1) is 5.41 Å². The second-order valence-electron chi connectivity index (χ2n) is 8.61. The molecule has 0 aliphatic carbocycles. The standard InChI is InChI=1S/C20H40O3/c1-7-8-9-10-11-12-13-14-15-16-18(21)22-23-20(5,6)17-19(2,3)4/h7-17H2,1-6H3. The summed E-state index contributed by atoms with van der Waals surface area (Å²) in [6.45, 7) is 12.6. The van der Waals surface area contributed by atoms with Crippen molar-refractivity contribution in [1.82, 2.24) is 0 Å². The van der Waals surface area contributed by atoms with E-state index in [1.54, 1.807) is 0 Å². The zero-order valence-corrected chi connectivity index (χ0v) is 16.5. The van der Waals surface area contributed by atoms with Crippen molar-refractivity contribution in [3.63, 3.8) is 0 Å². The fourth-order valence-corrected chi connectivity index (χ4v) is 3.09. The fraction of sp³-hybridized carbons (Fsp3) is 0.950. The summed E-state index contributed by atoms with van der Waals surface area (Å²) in [5.74, 6) is -0.241. The van der Waals surface area contributed by atoms with Gasteiger partial charge in [-0.1, -0.05) is 79.1 Å². The summed E-state index contributed by atoms with van der Waals surface area (Å²) in [6, 6.07) is 0. The molecule has 0 aromatic rings. The number of hydrogen-bond acceptors (Lipinski definition) is 3. The molecule has 0 aromatic heterocycles. The van der Waals surface area contributed by atoms with Crippen LogP contribution in [0.5, 0.6) is 0 Å². The van der Waals surface area contributed by atoms with Gasteiger partial charge in [0.15, 0.2) is 0 Å². The Morgan fingerprint density at radius 2 is 1.26 bits per heavy atom. The highest BCUT2D eigenvalue weighted by atomic mass is 17.2. The van der Waals surface area contributed by atoms with Crippen molar-refractivity contribution in [3.05, 3.63) is 0 Å². The molecule has 0 amide bonds. The highest BCUT2D eigenvalue weighted by Crippen LogP contribution is 2.29. The number of rotatable bonds is 13. The molecule has 138 valence electrons. The van der Waals surface area contributed by atoms with Gasteiger partial charge in [0.25, 0.3) is 0 Å². The Labute approximate surface area is 144 Å². The molecule has 0 unspecified atom stereocenters. The molecule has 0 fully saturated rings. The molecule has 0 saturated carbocycles. The molecule has 0 atom stereocenters. The summed E-state index contributed by atoms with van der Waals surface area (Å²) >= 11 is 0. The molecule has 0 aromatic carbocycles. The van der Waals surface area contributed by atoms with E-state index in [4.69, 9.17) is 9.78 Å². The first-order chi connectivity index (χ1) is 10.7. The Balaban J connectivity index is 3.57. The van der Waals surface area contributed by atoms with Crippen molar-refractivity contribution in [3.8, 4) is 0 Å². The summed E-state index contributed by atoms with van der Waals surface area (Å²) in [7, 11) is 0. The van der Waals surface area contributed by atoms with Crippen molar-refractivity contribution >= 4 is 5.97 Å². The molecular weight excluding hydrogens is 288 g/mol. The van der Waals surface area contributed by atoms with E-state index in [1.165, 1.54) is 44.9 Å². The maximum atomic E-state index is 11.7. The first kappa shape index (κ1) is 22.4. The smallest absolute Gasteiger partial charge is 0.298 e. The molecule has 3 heteroatoms. The zero-order valence-electron chi connectivity index (χ0n) is 16.5. The molecule has 0 bridgehead atoms. The van der Waals surface area contributed by atoms with Crippen LogP contribution in [0.15, 0.2) is 0 Å². The van der Waals surface area contributed by atoms with Crippen LogP contribution in [0.1, 0.15) is 112 Å². The summed E-state index contributed by atoms with van der Waals surface area (Å²) in [5, 5.41) is 0. The summed E-state index contributed by atoms with van der Waals surface area (Å²) in [5.41, 5.74) is -0.292. The average molecular weight is 329 g/mol. The van der Waals surface area contributed by atoms with E-state index >= 15 is 0 Å². The van der Waals surface area contributed by atoms with Gasteiger partial charge in [-0.15, -0.1) is 0 Å². The predicted molar refractivity (Wildman–Crippen MR) is 97.2 cm³/mol. The van der Waals surface area contributed by atoms with Crippen LogP contribution in [-0.4, -0.2) is 11.6 Å². The van der Waals surface area contributed by atoms with Crippen molar-refractivity contribution in [1.29, 1.82) is 0 Å². The number of hydrogen-bond donors (Lipinski definition) is 0. The van der Waals surface area contributed by atoms with Gasteiger partial charge in [0, 0.05) is 6.42 Å². The van der Waals surface area contributed by atoms with Crippen molar-refractivity contribution in [2.75, 3.05) is 0 Å². The molecule has 0 rings (SSSR count). The van der Waals surface area contributed by atoms with Gasteiger partial charge in [-0.25, -0.2) is 4.79 Å². The lowest BCUT2D eigenvalue weighted by atomic mass is 9.84. The molecule has 3 nitrogen and oxygen atoms in total. The minimum Gasteiger partial charge on any atom is -0.298 e. The van der Waals surface area contributed by atoms with E-state index < -0.39 is 5.60 Å². The Morgan fingerprint density at radius 1 is 0.783 bits per heavy atom. The van der Waals surface area contributed by atoms with Crippen LogP contribution in [0.25, 0.3) is 0 Å². The van der Waals surface area contributed by atoms with E-state index in [2.05, 4.69) is 27.7 Å². The van der Waals surface area contributed by atoms with Crippen LogP contribution in [0.2, 0.25) is 0 Å². The zero-order chi connectivity index (χ0) is 17.8. The maximum absolute atomic E-state index is 11.7. The van der Waals surface area contributed by atoms with Crippen LogP contribution < -0.4 is 0 Å². The fourth-order valence-electron chi connectivity index (χ4n) is 3.09. The Bertz CT molecular complexity index is 302. The van der Waals surface area contributed by atoms with E-state index in [0.717, 1.165) is 19.3 Å². The quantitative estimate of drug-likeness (QED) is 0.217. The lowest BCUT2D eigenvalue weighted by Gasteiger charge is -2.30. The molecule has 0 heterocycles. The van der Waals surface area contributed by atoms with Gasteiger partial charge in [0.05, 0.1) is 0 Å². The van der Waals surface area contributed by atoms with Gasteiger partial charge in [0.2, 0.25) is 0 Å². The largest absolute Gasteiger partial charge is 0.342 e. The summed E-state index contributed by atoms with van der Waals surface area (Å²) in [6.07, 6.45) is 12.5. The summed E-state index contributed by atoms with van der Waals surface area (Å²) in [4.78, 5) is 22.1. The molecule has 0 saturated heterocycles. The van der Waals surface area contributed by atoms with Gasteiger partial charge in [-0.3, -0.25) is 4.89 Å². The van der Waals surface area contributed by atoms with E-state index in [0.29, 0.717) is 6.42 Å². The molecule has 0 aliphatic rings. The van der Waals surface area contributed by atoms with Crippen LogP contribution in [0.3, 0.4) is 0 Å². The maximum Gasteiger partial charge on any atom is 0.342 e. The molecule has 0 aliphatic heterocycles. The lowest BCUT2D eigenvalue weighted by molar-refractivity contribution is -0.329. The third-order valence-electron chi connectivity index (χ3n) is 3.80. The van der Waals surface area contributed by atoms with Crippen molar-refractivity contribution < 1.29 is 14.6 Å². The van der Waals surface area contributed by atoms with Gasteiger partial charge < -0.3 is 0 Å². The first-order valence-electron chi connectivity index (χ1n) is 9.55. The minimum absolute atomic E-state index is 0.146. The SMILES string of the molecule is CCCCCCCCCCCC(=O)OOC(C)(C)CC(C)(C)C. The highest BCUT2D eigenvalue weighted by molar-refractivity contribution is 5.68. The second-order valence-corrected chi connectivity index (χ2v) is 8.61. The van der Waals surface area contributed by atoms with E-state index in [1.807, 2.05) is 13.8 Å². The monoisotopic (exact) mass is 328 g/mol. The minimum atomic E-state index is -0.438. The molecule has 0 spiro atoms. The van der Waals surface area contributed by atoms with Crippen LogP contribution in [0.4, 0.5) is 0 Å². The third-order valence-corrected chi connectivity index (χ3v) is 3.80. The second kappa shape index (κ2) is 11.9. The topological polar surface area (TPSA) is 35.5 Å². The number of carbonyl (C=O) groups excluding carboxylic acids is 1. The van der Waals surface area contributed by atoms with Crippen LogP contribution >= 0.6 is 0 Å². The average Bonchev–Trinajstić information content (AvgIpc) is 2.41. The molecule has 23 heavy (non-hydrogen) atoms. The van der Waals surface area contributed by atoms with Crippen LogP contribution in [-0.2, 0) is 14.6 Å². The Hall–Kier alpha value is -0.570. The third kappa shape index (κ3) is 16.1. The lowest BCUT2D eigenvalue weighted by Crippen LogP contribution is -2.31. The predicted octanol–water partition coefficient (Wildman–Crippen LogP) is 6.60. The van der Waals surface area contributed by atoms with Gasteiger partial charge >= 0.3 is 5.97 Å². The number of carbonyl (C=O) groups is 1. The van der Waals surface area contributed by atoms with Crippen molar-refractivity contribution in [2.24, 2.45) is 5.41 Å². The summed E-state index contributed by atoms with van der Waals surface area (Å²) < 4.78 is 0. The van der Waals surface area contributed by atoms with Crippen molar-refractivity contribution in [2.45, 2.75) is 118 Å². The number of unbranched alkanes of at least 4 members (excludes halogenated alkanes) is 8. The normalized spacial score (nSPS) is 12.4.